The first-order valence-electron chi connectivity index (χ1n) is 8.12. The van der Waals surface area contributed by atoms with Gasteiger partial charge in [-0.25, -0.2) is 4.79 Å². The lowest BCUT2D eigenvalue weighted by atomic mass is 9.89. The highest BCUT2D eigenvalue weighted by Crippen LogP contribution is 2.47. The average Bonchev–Trinajstić information content (AvgIpc) is 2.98. The van der Waals surface area contributed by atoms with Gasteiger partial charge in [0, 0.05) is 22.3 Å². The minimum atomic E-state index is -0.630. The molecule has 1 heterocycles. The van der Waals surface area contributed by atoms with E-state index in [0.29, 0.717) is 28.2 Å². The van der Waals surface area contributed by atoms with Gasteiger partial charge in [-0.15, -0.1) is 0 Å². The van der Waals surface area contributed by atoms with Crippen LogP contribution < -0.4 is 9.47 Å². The molecule has 2 aromatic rings. The van der Waals surface area contributed by atoms with E-state index in [0.717, 1.165) is 24.0 Å². The van der Waals surface area contributed by atoms with Crippen LogP contribution in [-0.4, -0.2) is 25.3 Å². The van der Waals surface area contributed by atoms with Crippen molar-refractivity contribution < 1.29 is 24.1 Å². The quantitative estimate of drug-likeness (QED) is 0.866. The van der Waals surface area contributed by atoms with Crippen molar-refractivity contribution in [3.63, 3.8) is 0 Å². The summed E-state index contributed by atoms with van der Waals surface area (Å²) in [6.45, 7) is 0. The topological polar surface area (TPSA) is 65.0 Å². The molecule has 2 aliphatic rings. The third-order valence-electron chi connectivity index (χ3n) is 4.75. The van der Waals surface area contributed by atoms with E-state index >= 15 is 0 Å². The summed E-state index contributed by atoms with van der Waals surface area (Å²) in [4.78, 5) is 12.4. The van der Waals surface area contributed by atoms with E-state index < -0.39 is 12.1 Å². The van der Waals surface area contributed by atoms with Crippen LogP contribution in [0.25, 0.3) is 6.08 Å². The Labute approximate surface area is 145 Å². The van der Waals surface area contributed by atoms with Crippen LogP contribution in [0.5, 0.6) is 17.2 Å². The van der Waals surface area contributed by atoms with Crippen molar-refractivity contribution in [2.75, 3.05) is 14.2 Å². The molecule has 1 atom stereocenters. The number of carbonyl (C=O) groups is 1. The Morgan fingerprint density at radius 2 is 2.04 bits per heavy atom. The van der Waals surface area contributed by atoms with Crippen LogP contribution in [0.2, 0.25) is 0 Å². The highest BCUT2D eigenvalue weighted by atomic mass is 16.6. The summed E-state index contributed by atoms with van der Waals surface area (Å²) in [6, 6.07) is 7.01. The molecule has 0 bridgehead atoms. The van der Waals surface area contributed by atoms with Gasteiger partial charge in [-0.3, -0.25) is 0 Å². The van der Waals surface area contributed by atoms with E-state index in [-0.39, 0.29) is 5.75 Å². The molecule has 0 aromatic heterocycles. The summed E-state index contributed by atoms with van der Waals surface area (Å²) < 4.78 is 16.6. The summed E-state index contributed by atoms with van der Waals surface area (Å²) in [7, 11) is 3.12. The van der Waals surface area contributed by atoms with Gasteiger partial charge in [-0.2, -0.15) is 0 Å². The molecule has 0 spiro atoms. The molecule has 1 N–H and O–H groups in total. The van der Waals surface area contributed by atoms with Crippen LogP contribution >= 0.6 is 0 Å². The Morgan fingerprint density at radius 1 is 1.20 bits per heavy atom. The van der Waals surface area contributed by atoms with Crippen molar-refractivity contribution >= 4 is 12.0 Å². The first-order valence-corrected chi connectivity index (χ1v) is 8.12. The molecule has 25 heavy (non-hydrogen) atoms. The normalized spacial score (nSPS) is 17.7. The second-order valence-electron chi connectivity index (χ2n) is 6.06. The van der Waals surface area contributed by atoms with E-state index in [1.54, 1.807) is 19.2 Å². The number of hydrogen-bond acceptors (Lipinski definition) is 5. The third kappa shape index (κ3) is 2.27. The van der Waals surface area contributed by atoms with E-state index in [1.807, 2.05) is 24.3 Å². The maximum Gasteiger partial charge on any atom is 0.343 e. The van der Waals surface area contributed by atoms with Crippen LogP contribution in [0.4, 0.5) is 0 Å². The third-order valence-corrected chi connectivity index (χ3v) is 4.75. The Bertz CT molecular complexity index is 897. The van der Waals surface area contributed by atoms with Crippen LogP contribution in [0.3, 0.4) is 0 Å². The van der Waals surface area contributed by atoms with Crippen LogP contribution in [-0.2, 0) is 11.2 Å². The van der Waals surface area contributed by atoms with Gasteiger partial charge < -0.3 is 19.3 Å². The zero-order valence-corrected chi connectivity index (χ0v) is 14.0. The van der Waals surface area contributed by atoms with Crippen LogP contribution in [0, 0.1) is 0 Å². The number of allylic oxidation sites excluding steroid dienone is 1. The molecule has 1 aliphatic heterocycles. The predicted molar refractivity (Wildman–Crippen MR) is 92.3 cm³/mol. The highest BCUT2D eigenvalue weighted by molar-refractivity contribution is 5.97. The van der Waals surface area contributed by atoms with E-state index in [4.69, 9.17) is 14.2 Å². The first kappa shape index (κ1) is 15.6. The predicted octanol–water partition coefficient (Wildman–Crippen LogP) is 3.63. The van der Waals surface area contributed by atoms with Crippen molar-refractivity contribution in [3.05, 3.63) is 58.2 Å². The molecule has 0 radical (unpaired) electrons. The second-order valence-corrected chi connectivity index (χ2v) is 6.06. The van der Waals surface area contributed by atoms with Crippen molar-refractivity contribution in [2.45, 2.75) is 18.9 Å². The van der Waals surface area contributed by atoms with Crippen LogP contribution in [0.1, 0.15) is 45.1 Å². The van der Waals surface area contributed by atoms with Crippen LogP contribution in [0.15, 0.2) is 30.3 Å². The van der Waals surface area contributed by atoms with Crippen molar-refractivity contribution in [2.24, 2.45) is 0 Å². The van der Waals surface area contributed by atoms with E-state index in [9.17, 15) is 9.90 Å². The Kier molecular flexibility index (Phi) is 3.64. The molecule has 0 fully saturated rings. The van der Waals surface area contributed by atoms with Gasteiger partial charge in [0.05, 0.1) is 14.2 Å². The number of carbonyl (C=O) groups excluding carboxylic acids is 1. The fourth-order valence-corrected chi connectivity index (χ4v) is 3.66. The van der Waals surface area contributed by atoms with Gasteiger partial charge in [0.1, 0.15) is 22.8 Å². The van der Waals surface area contributed by atoms with Gasteiger partial charge in [0.2, 0.25) is 0 Å². The summed E-state index contributed by atoms with van der Waals surface area (Å²) in [6.07, 6.45) is 4.94. The molecule has 1 unspecified atom stereocenters. The number of benzene rings is 2. The zero-order chi connectivity index (χ0) is 17.6. The van der Waals surface area contributed by atoms with Crippen molar-refractivity contribution in [1.29, 1.82) is 0 Å². The molecule has 0 saturated heterocycles. The number of rotatable bonds is 3. The minimum absolute atomic E-state index is 0.161. The molecule has 5 nitrogen and oxygen atoms in total. The number of fused-ring (bicyclic) bond motifs is 2. The fraction of sp³-hybridized carbons (Fsp3) is 0.250. The van der Waals surface area contributed by atoms with Gasteiger partial charge in [-0.05, 0) is 25.0 Å². The summed E-state index contributed by atoms with van der Waals surface area (Å²) in [5.74, 6) is 0.866. The Balaban J connectivity index is 1.92. The molecular formula is C20H18O5. The number of cyclic esters (lactones) is 1. The minimum Gasteiger partial charge on any atom is -0.507 e. The number of ether oxygens (including phenoxy) is 3. The monoisotopic (exact) mass is 338 g/mol. The number of esters is 1. The fourth-order valence-electron chi connectivity index (χ4n) is 3.66. The van der Waals surface area contributed by atoms with Gasteiger partial charge >= 0.3 is 5.97 Å². The molecule has 0 saturated carbocycles. The average molecular weight is 338 g/mol. The van der Waals surface area contributed by atoms with Crippen molar-refractivity contribution in [3.8, 4) is 17.2 Å². The summed E-state index contributed by atoms with van der Waals surface area (Å²) in [5, 5.41) is 10.5. The molecular weight excluding hydrogens is 320 g/mol. The molecule has 0 amide bonds. The molecule has 5 heteroatoms. The standard InChI is InChI=1S/C20H18O5/c1-23-16-9-5-8-13-17(16)20(22)25-19(13)14-10-15(21)11-6-3-4-7-12(11)18(14)24-2/h3,5-6,8-10,19,21H,4,7H2,1-2H3. The van der Waals surface area contributed by atoms with Gasteiger partial charge in [-0.1, -0.05) is 24.3 Å². The summed E-state index contributed by atoms with van der Waals surface area (Å²) in [5.41, 5.74) is 3.49. The SMILES string of the molecule is COc1cccc2c1C(=O)OC2c1cc(O)c2c(c1OC)CCC=C2. The molecule has 2 aromatic carbocycles. The lowest BCUT2D eigenvalue weighted by Crippen LogP contribution is -2.08. The number of aromatic hydroxyl groups is 1. The number of phenols is 1. The number of hydrogen-bond donors (Lipinski definition) is 1. The number of phenolic OH excluding ortho intramolecular Hbond substituents is 1. The Hall–Kier alpha value is -2.95. The molecule has 1 aliphatic carbocycles. The van der Waals surface area contributed by atoms with E-state index in [1.165, 1.54) is 7.11 Å². The highest BCUT2D eigenvalue weighted by Gasteiger charge is 2.37. The second kappa shape index (κ2) is 5.84. The van der Waals surface area contributed by atoms with Crippen molar-refractivity contribution in [1.82, 2.24) is 0 Å². The van der Waals surface area contributed by atoms with Gasteiger partial charge in [0.15, 0.2) is 6.10 Å². The lowest BCUT2D eigenvalue weighted by Gasteiger charge is -2.22. The molecule has 128 valence electrons. The maximum absolute atomic E-state index is 12.4. The summed E-state index contributed by atoms with van der Waals surface area (Å²) >= 11 is 0. The van der Waals surface area contributed by atoms with Gasteiger partial charge in [0.25, 0.3) is 0 Å². The maximum atomic E-state index is 12.4. The zero-order valence-electron chi connectivity index (χ0n) is 14.0. The Morgan fingerprint density at radius 3 is 2.80 bits per heavy atom. The first-order chi connectivity index (χ1) is 12.2. The lowest BCUT2D eigenvalue weighted by molar-refractivity contribution is 0.0450. The molecule has 4 rings (SSSR count). The van der Waals surface area contributed by atoms with E-state index in [2.05, 4.69) is 0 Å². The number of methoxy groups -OCH3 is 2. The largest absolute Gasteiger partial charge is 0.507 e. The smallest absolute Gasteiger partial charge is 0.343 e.